The molecule has 0 heterocycles. The van der Waals surface area contributed by atoms with E-state index in [0.29, 0.717) is 19.1 Å². The fraction of sp³-hybridized carbons (Fsp3) is 1.00. The Hall–Kier alpha value is 0.860. The van der Waals surface area contributed by atoms with E-state index in [-0.39, 0.29) is 0 Å². The number of hydrogen-bond acceptors (Lipinski definition) is 3. The van der Waals surface area contributed by atoms with Gasteiger partial charge in [0.15, 0.2) is 6.49 Å². The van der Waals surface area contributed by atoms with Crippen molar-refractivity contribution < 1.29 is 9.05 Å². The normalized spacial score (nSPS) is 11.9. The van der Waals surface area contributed by atoms with Crippen LogP contribution < -0.4 is 0 Å². The predicted molar refractivity (Wildman–Crippen MR) is 62.4 cm³/mol. The lowest BCUT2D eigenvalue weighted by molar-refractivity contribution is 0.266. The van der Waals surface area contributed by atoms with Gasteiger partial charge in [0.25, 0.3) is 0 Å². The van der Waals surface area contributed by atoms with E-state index in [9.17, 15) is 0 Å². The summed E-state index contributed by atoms with van der Waals surface area (Å²) in [7, 11) is 0. The van der Waals surface area contributed by atoms with Crippen LogP contribution in [0.2, 0.25) is 0 Å². The summed E-state index contributed by atoms with van der Waals surface area (Å²) in [4.78, 5) is 0. The summed E-state index contributed by atoms with van der Waals surface area (Å²) >= 11 is 10.9. The lowest BCUT2D eigenvalue weighted by atomic mass is 10.4. The summed E-state index contributed by atoms with van der Waals surface area (Å²) in [5.41, 5.74) is 0. The SMILES string of the molecule is CCOP(=S)(CCCCCl)OCC. The molecule has 0 fully saturated rings. The highest BCUT2D eigenvalue weighted by molar-refractivity contribution is 8.09. The van der Waals surface area contributed by atoms with Crippen LogP contribution >= 0.6 is 18.1 Å². The average molecular weight is 245 g/mol. The highest BCUT2D eigenvalue weighted by Gasteiger charge is 2.16. The molecule has 0 aliphatic heterocycles. The zero-order valence-corrected chi connectivity index (χ0v) is 10.8. The maximum absolute atomic E-state index is 5.58. The summed E-state index contributed by atoms with van der Waals surface area (Å²) in [6.45, 7) is 3.19. The Morgan fingerprint density at radius 2 is 1.69 bits per heavy atom. The molecule has 0 spiro atoms. The topological polar surface area (TPSA) is 18.5 Å². The Bertz CT molecular complexity index is 156. The van der Waals surface area contributed by atoms with Crippen molar-refractivity contribution in [3.63, 3.8) is 0 Å². The molecule has 0 radical (unpaired) electrons. The van der Waals surface area contributed by atoms with E-state index in [1.165, 1.54) is 0 Å². The molecule has 0 bridgehead atoms. The smallest absolute Gasteiger partial charge is 0.188 e. The van der Waals surface area contributed by atoms with E-state index in [0.717, 1.165) is 19.0 Å². The van der Waals surface area contributed by atoms with Gasteiger partial charge in [-0.1, -0.05) is 0 Å². The first kappa shape index (κ1) is 13.9. The van der Waals surface area contributed by atoms with Crippen LogP contribution in [0.4, 0.5) is 0 Å². The number of alkyl halides is 1. The number of halogens is 1. The van der Waals surface area contributed by atoms with Gasteiger partial charge in [0, 0.05) is 12.0 Å². The first-order chi connectivity index (χ1) is 6.18. The third-order valence-electron chi connectivity index (χ3n) is 1.47. The molecule has 0 saturated carbocycles. The van der Waals surface area contributed by atoms with Crippen LogP contribution in [0.1, 0.15) is 26.7 Å². The van der Waals surface area contributed by atoms with Crippen molar-refractivity contribution in [3.8, 4) is 0 Å². The second-order valence-corrected chi connectivity index (χ2v) is 6.80. The van der Waals surface area contributed by atoms with Gasteiger partial charge in [0.1, 0.15) is 0 Å². The summed E-state index contributed by atoms with van der Waals surface area (Å²) in [6, 6.07) is 0. The fourth-order valence-electron chi connectivity index (χ4n) is 0.960. The van der Waals surface area contributed by atoms with Gasteiger partial charge in [-0.15, -0.1) is 11.6 Å². The first-order valence-corrected chi connectivity index (χ1v) is 7.98. The van der Waals surface area contributed by atoms with Gasteiger partial charge in [0.2, 0.25) is 0 Å². The maximum Gasteiger partial charge on any atom is 0.188 e. The molecule has 0 rings (SSSR count). The second-order valence-electron chi connectivity index (χ2n) is 2.57. The molecule has 0 atom stereocenters. The van der Waals surface area contributed by atoms with E-state index in [4.69, 9.17) is 32.5 Å². The Kier molecular flexibility index (Phi) is 8.73. The molecule has 0 saturated heterocycles. The van der Waals surface area contributed by atoms with Gasteiger partial charge in [-0.2, -0.15) is 0 Å². The highest BCUT2D eigenvalue weighted by atomic mass is 35.5. The highest BCUT2D eigenvalue weighted by Crippen LogP contribution is 2.49. The third kappa shape index (κ3) is 6.87. The van der Waals surface area contributed by atoms with Crippen LogP contribution in [-0.4, -0.2) is 25.3 Å². The Morgan fingerprint density at radius 1 is 1.15 bits per heavy atom. The van der Waals surface area contributed by atoms with Crippen molar-refractivity contribution >= 4 is 29.9 Å². The molecule has 0 aromatic rings. The lowest BCUT2D eigenvalue weighted by Crippen LogP contribution is -2.00. The zero-order chi connectivity index (χ0) is 10.2. The minimum absolute atomic E-state index is 0.637. The third-order valence-corrected chi connectivity index (χ3v) is 5.08. The molecule has 13 heavy (non-hydrogen) atoms. The largest absolute Gasteiger partial charge is 0.330 e. The van der Waals surface area contributed by atoms with Crippen LogP contribution in [-0.2, 0) is 20.9 Å². The molecule has 0 aliphatic rings. The van der Waals surface area contributed by atoms with Crippen LogP contribution in [0.25, 0.3) is 0 Å². The minimum Gasteiger partial charge on any atom is -0.330 e. The molecule has 0 aliphatic carbocycles. The van der Waals surface area contributed by atoms with E-state index < -0.39 is 6.49 Å². The van der Waals surface area contributed by atoms with Crippen molar-refractivity contribution in [2.75, 3.05) is 25.3 Å². The van der Waals surface area contributed by atoms with Gasteiger partial charge in [-0.05, 0) is 38.5 Å². The van der Waals surface area contributed by atoms with Crippen molar-refractivity contribution in [1.29, 1.82) is 0 Å². The van der Waals surface area contributed by atoms with Gasteiger partial charge in [-0.25, -0.2) is 0 Å². The quantitative estimate of drug-likeness (QED) is 0.371. The summed E-state index contributed by atoms with van der Waals surface area (Å²) in [5, 5.41) is 0. The summed E-state index contributed by atoms with van der Waals surface area (Å²) in [5.74, 6) is 0.688. The molecule has 0 aromatic heterocycles. The molecule has 0 N–H and O–H groups in total. The monoisotopic (exact) mass is 244 g/mol. The van der Waals surface area contributed by atoms with Crippen LogP contribution in [0.3, 0.4) is 0 Å². The molecular formula is C8H18ClO2PS. The second kappa shape index (κ2) is 8.19. The van der Waals surface area contributed by atoms with Gasteiger partial charge in [0.05, 0.1) is 13.2 Å². The zero-order valence-electron chi connectivity index (χ0n) is 8.29. The standard InChI is InChI=1S/C8H18ClO2PS/c1-3-10-12(13,11-4-2)8-6-5-7-9/h3-8H2,1-2H3. The van der Waals surface area contributed by atoms with E-state index in [1.54, 1.807) is 0 Å². The number of unbranched alkanes of at least 4 members (excludes halogenated alkanes) is 1. The summed E-state index contributed by atoms with van der Waals surface area (Å²) < 4.78 is 11.0. The van der Waals surface area contributed by atoms with Crippen molar-refractivity contribution in [2.24, 2.45) is 0 Å². The van der Waals surface area contributed by atoms with Gasteiger partial charge < -0.3 is 9.05 Å². The molecular weight excluding hydrogens is 227 g/mol. The van der Waals surface area contributed by atoms with Crippen LogP contribution in [0, 0.1) is 0 Å². The molecule has 0 aromatic carbocycles. The molecule has 0 amide bonds. The minimum atomic E-state index is -1.97. The predicted octanol–water partition coefficient (Wildman–Crippen LogP) is 3.39. The van der Waals surface area contributed by atoms with Crippen LogP contribution in [0.5, 0.6) is 0 Å². The van der Waals surface area contributed by atoms with Crippen molar-refractivity contribution in [3.05, 3.63) is 0 Å². The molecule has 80 valence electrons. The lowest BCUT2D eigenvalue weighted by Gasteiger charge is -2.20. The maximum atomic E-state index is 5.58. The van der Waals surface area contributed by atoms with Crippen LogP contribution in [0.15, 0.2) is 0 Å². The Balaban J connectivity index is 3.85. The number of rotatable bonds is 8. The Labute approximate surface area is 91.1 Å². The van der Waals surface area contributed by atoms with Crippen molar-refractivity contribution in [1.82, 2.24) is 0 Å². The van der Waals surface area contributed by atoms with Gasteiger partial charge >= 0.3 is 0 Å². The number of hydrogen-bond donors (Lipinski definition) is 0. The first-order valence-electron chi connectivity index (χ1n) is 4.62. The molecule has 0 unspecified atom stereocenters. The van der Waals surface area contributed by atoms with Crippen molar-refractivity contribution in [2.45, 2.75) is 26.7 Å². The Morgan fingerprint density at radius 3 is 2.08 bits per heavy atom. The van der Waals surface area contributed by atoms with Gasteiger partial charge in [-0.3, -0.25) is 0 Å². The summed E-state index contributed by atoms with van der Waals surface area (Å²) in [6.07, 6.45) is 2.83. The molecule has 5 heteroatoms. The average Bonchev–Trinajstić information content (AvgIpc) is 2.05. The van der Waals surface area contributed by atoms with E-state index in [2.05, 4.69) is 0 Å². The van der Waals surface area contributed by atoms with E-state index in [1.807, 2.05) is 13.8 Å². The van der Waals surface area contributed by atoms with E-state index >= 15 is 0 Å². The fourth-order valence-corrected chi connectivity index (χ4v) is 3.90. The molecule has 2 nitrogen and oxygen atoms in total.